The van der Waals surface area contributed by atoms with E-state index in [9.17, 15) is 14.7 Å². The maximum absolute atomic E-state index is 15.0. The number of ether oxygens (including phenoxy) is 2. The van der Waals surface area contributed by atoms with Crippen LogP contribution in [0.2, 0.25) is 15.1 Å². The lowest BCUT2D eigenvalue weighted by Crippen LogP contribution is -2.29. The molecule has 1 fully saturated rings. The quantitative estimate of drug-likeness (QED) is 0.231. The molecule has 1 amide bonds. The van der Waals surface area contributed by atoms with Gasteiger partial charge in [-0.25, -0.2) is 4.39 Å². The minimum atomic E-state index is -1.34. The Hall–Kier alpha value is -3.26. The molecule has 0 saturated carbocycles. The van der Waals surface area contributed by atoms with E-state index in [1.807, 2.05) is 0 Å². The van der Waals surface area contributed by atoms with Crippen molar-refractivity contribution in [3.05, 3.63) is 92.2 Å². The molecule has 0 spiro atoms. The van der Waals surface area contributed by atoms with Gasteiger partial charge in [-0.1, -0.05) is 53.0 Å². The van der Waals surface area contributed by atoms with Gasteiger partial charge in [0.25, 0.3) is 11.7 Å². The first kappa shape index (κ1) is 24.9. The lowest BCUT2D eigenvalue weighted by atomic mass is 9.94. The number of halogens is 4. The van der Waals surface area contributed by atoms with Crippen molar-refractivity contribution in [3.63, 3.8) is 0 Å². The summed E-state index contributed by atoms with van der Waals surface area (Å²) in [6.45, 7) is 0. The average Bonchev–Trinajstić information content (AvgIpc) is 3.08. The lowest BCUT2D eigenvalue weighted by Gasteiger charge is -2.26. The van der Waals surface area contributed by atoms with Crippen LogP contribution in [-0.2, 0) is 9.59 Å². The van der Waals surface area contributed by atoms with Crippen molar-refractivity contribution >= 4 is 57.9 Å². The minimum absolute atomic E-state index is 0.0238. The number of Topliss-reactive ketones (excluding diaryl/α,β-unsaturated/α-hetero) is 1. The zero-order valence-corrected chi connectivity index (χ0v) is 20.6. The molecule has 180 valence electrons. The van der Waals surface area contributed by atoms with Crippen molar-refractivity contribution in [1.29, 1.82) is 0 Å². The summed E-state index contributed by atoms with van der Waals surface area (Å²) in [6.07, 6.45) is 0. The molecule has 35 heavy (non-hydrogen) atoms. The summed E-state index contributed by atoms with van der Waals surface area (Å²) >= 11 is 18.4. The molecule has 6 nitrogen and oxygen atoms in total. The van der Waals surface area contributed by atoms with E-state index in [4.69, 9.17) is 44.3 Å². The Bertz CT molecular complexity index is 1370. The molecule has 1 saturated heterocycles. The molecule has 1 atom stereocenters. The average molecular weight is 537 g/mol. The monoisotopic (exact) mass is 535 g/mol. The van der Waals surface area contributed by atoms with Crippen LogP contribution in [0, 0.1) is 5.82 Å². The maximum Gasteiger partial charge on any atom is 0.300 e. The molecule has 0 aromatic heterocycles. The van der Waals surface area contributed by atoms with Crippen molar-refractivity contribution in [2.45, 2.75) is 6.04 Å². The molecule has 0 radical (unpaired) electrons. The summed E-state index contributed by atoms with van der Waals surface area (Å²) in [5, 5.41) is 11.9. The number of aliphatic hydroxyl groups excluding tert-OH is 1. The second-order valence-electron chi connectivity index (χ2n) is 7.51. The number of methoxy groups -OCH3 is 2. The molecule has 3 aromatic carbocycles. The highest BCUT2D eigenvalue weighted by atomic mass is 35.5. The minimum Gasteiger partial charge on any atom is -0.507 e. The molecule has 4 rings (SSSR count). The van der Waals surface area contributed by atoms with Gasteiger partial charge in [-0.15, -0.1) is 0 Å². The molecule has 1 aliphatic rings. The third kappa shape index (κ3) is 4.43. The van der Waals surface area contributed by atoms with Crippen molar-refractivity contribution in [2.75, 3.05) is 19.1 Å². The normalized spacial score (nSPS) is 17.1. The Labute approximate surface area is 215 Å². The van der Waals surface area contributed by atoms with Crippen molar-refractivity contribution in [2.24, 2.45) is 0 Å². The zero-order valence-electron chi connectivity index (χ0n) is 18.3. The van der Waals surface area contributed by atoms with Gasteiger partial charge < -0.3 is 14.6 Å². The molecule has 1 N–H and O–H groups in total. The lowest BCUT2D eigenvalue weighted by molar-refractivity contribution is -0.132. The van der Waals surface area contributed by atoms with Crippen LogP contribution in [0.25, 0.3) is 5.76 Å². The fourth-order valence-electron chi connectivity index (χ4n) is 3.96. The summed E-state index contributed by atoms with van der Waals surface area (Å²) in [7, 11) is 2.72. The van der Waals surface area contributed by atoms with Crippen LogP contribution >= 0.6 is 34.8 Å². The summed E-state index contributed by atoms with van der Waals surface area (Å²) in [4.78, 5) is 27.6. The molecular formula is C25H17Cl3FNO5. The first-order chi connectivity index (χ1) is 16.7. The standard InChI is InChI=1S/C25H17Cl3FNO5/c1-34-19-11-17(28)20(35-2)10-16(19)23(31)21-22(15-5-3-4-6-18(15)29)30(25(33)24(21)32)14-8-12(26)7-13(27)9-14/h3-11,22,31H,1-2H3/b23-21+. The van der Waals surface area contributed by atoms with Gasteiger partial charge in [0, 0.05) is 27.4 Å². The van der Waals surface area contributed by atoms with Gasteiger partial charge in [-0.05, 0) is 30.3 Å². The maximum atomic E-state index is 15.0. The van der Waals surface area contributed by atoms with Crippen molar-refractivity contribution < 1.29 is 28.6 Å². The molecule has 1 aliphatic heterocycles. The second kappa shape index (κ2) is 9.77. The number of amides is 1. The molecule has 10 heteroatoms. The number of nitrogens with zero attached hydrogens (tertiary/aromatic N) is 1. The first-order valence-corrected chi connectivity index (χ1v) is 11.2. The molecule has 1 unspecified atom stereocenters. The van der Waals surface area contributed by atoms with Crippen LogP contribution in [0.5, 0.6) is 11.5 Å². The highest BCUT2D eigenvalue weighted by molar-refractivity contribution is 6.52. The number of hydrogen-bond donors (Lipinski definition) is 1. The third-order valence-corrected chi connectivity index (χ3v) is 6.23. The smallest absolute Gasteiger partial charge is 0.300 e. The Morgan fingerprint density at radius 1 is 0.943 bits per heavy atom. The number of anilines is 1. The van der Waals surface area contributed by atoms with Crippen molar-refractivity contribution in [1.82, 2.24) is 0 Å². The highest BCUT2D eigenvalue weighted by Crippen LogP contribution is 2.46. The van der Waals surface area contributed by atoms with Crippen LogP contribution in [-0.4, -0.2) is 31.0 Å². The number of aliphatic hydroxyl groups is 1. The molecule has 3 aromatic rings. The second-order valence-corrected chi connectivity index (χ2v) is 8.79. The number of carbonyl (C=O) groups is 2. The molecule has 0 aliphatic carbocycles. The van der Waals surface area contributed by atoms with E-state index in [2.05, 4.69) is 0 Å². The Morgan fingerprint density at radius 3 is 2.17 bits per heavy atom. The van der Waals surface area contributed by atoms with E-state index in [1.165, 1.54) is 62.8 Å². The third-order valence-electron chi connectivity index (χ3n) is 5.50. The summed E-state index contributed by atoms with van der Waals surface area (Å²) < 4.78 is 25.6. The first-order valence-electron chi connectivity index (χ1n) is 10.1. The van der Waals surface area contributed by atoms with E-state index in [0.717, 1.165) is 4.90 Å². The number of carbonyl (C=O) groups excluding carboxylic acids is 2. The number of rotatable bonds is 5. The topological polar surface area (TPSA) is 76.1 Å². The predicted octanol–water partition coefficient (Wildman–Crippen LogP) is 6.43. The van der Waals surface area contributed by atoms with Gasteiger partial charge in [0.1, 0.15) is 23.1 Å². The fraction of sp³-hybridized carbons (Fsp3) is 0.120. The zero-order chi connectivity index (χ0) is 25.4. The van der Waals surface area contributed by atoms with Crippen LogP contribution in [0.1, 0.15) is 17.2 Å². The van der Waals surface area contributed by atoms with E-state index in [0.29, 0.717) is 0 Å². The predicted molar refractivity (Wildman–Crippen MR) is 132 cm³/mol. The fourth-order valence-corrected chi connectivity index (χ4v) is 4.70. The van der Waals surface area contributed by atoms with Crippen molar-refractivity contribution in [3.8, 4) is 11.5 Å². The Kier molecular flexibility index (Phi) is 6.94. The van der Waals surface area contributed by atoms with Gasteiger partial charge in [0.2, 0.25) is 0 Å². The van der Waals surface area contributed by atoms with Gasteiger partial charge in [0.15, 0.2) is 0 Å². The van der Waals surface area contributed by atoms with Gasteiger partial charge in [0.05, 0.1) is 36.4 Å². The molecule has 1 heterocycles. The Balaban J connectivity index is 2.04. The Morgan fingerprint density at radius 2 is 1.57 bits per heavy atom. The largest absolute Gasteiger partial charge is 0.507 e. The van der Waals surface area contributed by atoms with Gasteiger partial charge in [-0.2, -0.15) is 0 Å². The van der Waals surface area contributed by atoms with Crippen LogP contribution in [0.3, 0.4) is 0 Å². The van der Waals surface area contributed by atoms with Gasteiger partial charge in [-0.3, -0.25) is 14.5 Å². The summed E-state index contributed by atoms with van der Waals surface area (Å²) in [5.74, 6) is -3.03. The molecular weight excluding hydrogens is 520 g/mol. The van der Waals surface area contributed by atoms with Crippen LogP contribution in [0.4, 0.5) is 10.1 Å². The molecule has 0 bridgehead atoms. The van der Waals surface area contributed by atoms with E-state index < -0.39 is 29.3 Å². The number of ketones is 1. The van der Waals surface area contributed by atoms with E-state index >= 15 is 4.39 Å². The number of hydrogen-bond acceptors (Lipinski definition) is 5. The highest BCUT2D eigenvalue weighted by Gasteiger charge is 2.48. The van der Waals surface area contributed by atoms with Gasteiger partial charge >= 0.3 is 0 Å². The SMILES string of the molecule is COc1cc(/C(O)=C2\C(=O)C(=O)N(c3cc(Cl)cc(Cl)c3)C2c2ccccc2F)c(OC)cc1Cl. The van der Waals surface area contributed by atoms with Crippen LogP contribution in [0.15, 0.2) is 60.2 Å². The summed E-state index contributed by atoms with van der Waals surface area (Å²) in [5.41, 5.74) is -0.210. The summed E-state index contributed by atoms with van der Waals surface area (Å²) in [6, 6.07) is 11.3. The number of benzene rings is 3. The van der Waals surface area contributed by atoms with E-state index in [1.54, 1.807) is 6.07 Å². The van der Waals surface area contributed by atoms with Crippen LogP contribution < -0.4 is 14.4 Å². The van der Waals surface area contributed by atoms with E-state index in [-0.39, 0.29) is 49.0 Å².